The molecule has 5 heteroatoms. The first-order valence-electron chi connectivity index (χ1n) is 8.26. The second-order valence-corrected chi connectivity index (χ2v) is 6.19. The van der Waals surface area contributed by atoms with Crippen molar-refractivity contribution in [3.63, 3.8) is 0 Å². The Morgan fingerprint density at radius 2 is 1.91 bits per heavy atom. The van der Waals surface area contributed by atoms with E-state index in [2.05, 4.69) is 23.2 Å². The van der Waals surface area contributed by atoms with E-state index in [1.54, 1.807) is 0 Å². The fourth-order valence-electron chi connectivity index (χ4n) is 3.09. The summed E-state index contributed by atoms with van der Waals surface area (Å²) in [6, 6.07) is 6.21. The molecule has 0 aliphatic carbocycles. The molecule has 1 fully saturated rings. The first-order valence-corrected chi connectivity index (χ1v) is 8.26. The third-order valence-corrected chi connectivity index (χ3v) is 4.39. The molecule has 22 heavy (non-hydrogen) atoms. The van der Waals surface area contributed by atoms with Crippen molar-refractivity contribution in [3.05, 3.63) is 23.8 Å². The molecule has 2 N–H and O–H groups in total. The van der Waals surface area contributed by atoms with Gasteiger partial charge in [0.1, 0.15) is 13.2 Å². The minimum Gasteiger partial charge on any atom is -0.486 e. The van der Waals surface area contributed by atoms with E-state index < -0.39 is 0 Å². The molecule has 2 unspecified atom stereocenters. The largest absolute Gasteiger partial charge is 0.486 e. The molecule has 2 heterocycles. The lowest BCUT2D eigenvalue weighted by Gasteiger charge is -2.23. The summed E-state index contributed by atoms with van der Waals surface area (Å²) >= 11 is 0. The zero-order valence-electron chi connectivity index (χ0n) is 13.3. The number of β-amino-alcohol motifs (C(OH)–C–C–N with tert-alkyl or cyclic N) is 1. The van der Waals surface area contributed by atoms with E-state index in [1.165, 1.54) is 12.8 Å². The van der Waals surface area contributed by atoms with Crippen LogP contribution < -0.4 is 14.8 Å². The molecule has 0 aromatic heterocycles. The number of aliphatic hydroxyl groups excluding tert-OH is 1. The highest BCUT2D eigenvalue weighted by atomic mass is 16.6. The van der Waals surface area contributed by atoms with Gasteiger partial charge in [-0.05, 0) is 50.6 Å². The Kier molecular flexibility index (Phi) is 5.18. The number of nitrogens with one attached hydrogen (secondary N) is 1. The fraction of sp³-hybridized carbons (Fsp3) is 0.647. The fourth-order valence-corrected chi connectivity index (χ4v) is 3.09. The number of benzene rings is 1. The standard InChI is InChI=1S/C17H26N2O3/c1-13(18-11-15(20)12-19-6-2-3-7-19)14-4-5-16-17(10-14)22-9-8-21-16/h4-5,10,13,15,18,20H,2-3,6-9,11-12H2,1H3. The summed E-state index contributed by atoms with van der Waals surface area (Å²) < 4.78 is 11.2. The maximum Gasteiger partial charge on any atom is 0.161 e. The maximum absolute atomic E-state index is 10.1. The van der Waals surface area contributed by atoms with Crippen LogP contribution in [0.15, 0.2) is 18.2 Å². The van der Waals surface area contributed by atoms with Gasteiger partial charge in [0.05, 0.1) is 6.10 Å². The van der Waals surface area contributed by atoms with Crippen LogP contribution in [0.5, 0.6) is 11.5 Å². The van der Waals surface area contributed by atoms with Crippen molar-refractivity contribution < 1.29 is 14.6 Å². The van der Waals surface area contributed by atoms with E-state index in [4.69, 9.17) is 9.47 Å². The van der Waals surface area contributed by atoms with Gasteiger partial charge in [-0.15, -0.1) is 0 Å². The summed E-state index contributed by atoms with van der Waals surface area (Å²) in [5.41, 5.74) is 1.15. The number of hydrogen-bond donors (Lipinski definition) is 2. The summed E-state index contributed by atoms with van der Waals surface area (Å²) in [4.78, 5) is 2.33. The van der Waals surface area contributed by atoms with Crippen molar-refractivity contribution in [2.75, 3.05) is 39.4 Å². The lowest BCUT2D eigenvalue weighted by molar-refractivity contribution is 0.121. The summed E-state index contributed by atoms with van der Waals surface area (Å²) in [6.07, 6.45) is 2.19. The van der Waals surface area contributed by atoms with Crippen molar-refractivity contribution in [2.24, 2.45) is 0 Å². The average molecular weight is 306 g/mol. The van der Waals surface area contributed by atoms with Crippen LogP contribution in [0.3, 0.4) is 0 Å². The monoisotopic (exact) mass is 306 g/mol. The molecule has 1 saturated heterocycles. The van der Waals surface area contributed by atoms with Crippen molar-refractivity contribution in [1.82, 2.24) is 10.2 Å². The van der Waals surface area contributed by atoms with Crippen LogP contribution in [0.4, 0.5) is 0 Å². The molecule has 0 radical (unpaired) electrons. The Labute approximate surface area is 132 Å². The van der Waals surface area contributed by atoms with E-state index in [9.17, 15) is 5.11 Å². The number of rotatable bonds is 6. The highest BCUT2D eigenvalue weighted by Crippen LogP contribution is 2.32. The van der Waals surface area contributed by atoms with Crippen molar-refractivity contribution in [1.29, 1.82) is 0 Å². The van der Waals surface area contributed by atoms with Gasteiger partial charge in [-0.2, -0.15) is 0 Å². The zero-order valence-corrected chi connectivity index (χ0v) is 13.3. The highest BCUT2D eigenvalue weighted by molar-refractivity contribution is 5.44. The van der Waals surface area contributed by atoms with Gasteiger partial charge in [0.25, 0.3) is 0 Å². The SMILES string of the molecule is CC(NCC(O)CN1CCCC1)c1ccc2c(c1)OCCO2. The van der Waals surface area contributed by atoms with Gasteiger partial charge in [-0.1, -0.05) is 6.07 Å². The second-order valence-electron chi connectivity index (χ2n) is 6.19. The molecule has 2 aliphatic rings. The van der Waals surface area contributed by atoms with E-state index in [-0.39, 0.29) is 12.1 Å². The van der Waals surface area contributed by atoms with Gasteiger partial charge in [0.2, 0.25) is 0 Å². The van der Waals surface area contributed by atoms with Gasteiger partial charge in [-0.25, -0.2) is 0 Å². The Morgan fingerprint density at radius 1 is 1.18 bits per heavy atom. The predicted molar refractivity (Wildman–Crippen MR) is 85.5 cm³/mol. The lowest BCUT2D eigenvalue weighted by atomic mass is 10.1. The van der Waals surface area contributed by atoms with Crippen LogP contribution >= 0.6 is 0 Å². The van der Waals surface area contributed by atoms with Crippen LogP contribution in [0, 0.1) is 0 Å². The summed E-state index contributed by atoms with van der Waals surface area (Å²) in [6.45, 7) is 6.93. The van der Waals surface area contributed by atoms with E-state index >= 15 is 0 Å². The van der Waals surface area contributed by atoms with Crippen LogP contribution in [0.1, 0.15) is 31.4 Å². The first-order chi connectivity index (χ1) is 10.7. The third kappa shape index (κ3) is 3.91. The average Bonchev–Trinajstić information content (AvgIpc) is 3.05. The molecular formula is C17H26N2O3. The van der Waals surface area contributed by atoms with E-state index in [0.29, 0.717) is 19.8 Å². The summed E-state index contributed by atoms with van der Waals surface area (Å²) in [5, 5.41) is 13.6. The van der Waals surface area contributed by atoms with Gasteiger partial charge in [0.15, 0.2) is 11.5 Å². The van der Waals surface area contributed by atoms with E-state index in [0.717, 1.165) is 36.7 Å². The van der Waals surface area contributed by atoms with Crippen LogP contribution in [0.2, 0.25) is 0 Å². The Balaban J connectivity index is 1.49. The minimum absolute atomic E-state index is 0.170. The van der Waals surface area contributed by atoms with E-state index in [1.807, 2.05) is 12.1 Å². The molecule has 0 bridgehead atoms. The maximum atomic E-state index is 10.1. The molecule has 0 saturated carbocycles. The quantitative estimate of drug-likeness (QED) is 0.835. The molecule has 5 nitrogen and oxygen atoms in total. The lowest BCUT2D eigenvalue weighted by Crippen LogP contribution is -2.37. The summed E-state index contributed by atoms with van der Waals surface area (Å²) in [5.74, 6) is 1.63. The Morgan fingerprint density at radius 3 is 2.68 bits per heavy atom. The third-order valence-electron chi connectivity index (χ3n) is 4.39. The molecular weight excluding hydrogens is 280 g/mol. The van der Waals surface area contributed by atoms with Crippen LogP contribution in [-0.2, 0) is 0 Å². The van der Waals surface area contributed by atoms with Gasteiger partial charge in [0, 0.05) is 19.1 Å². The van der Waals surface area contributed by atoms with Gasteiger partial charge >= 0.3 is 0 Å². The molecule has 1 aromatic rings. The number of ether oxygens (including phenoxy) is 2. The number of nitrogens with zero attached hydrogens (tertiary/aromatic N) is 1. The summed E-state index contributed by atoms with van der Waals surface area (Å²) in [7, 11) is 0. The molecule has 122 valence electrons. The Bertz CT molecular complexity index is 489. The zero-order chi connectivity index (χ0) is 15.4. The normalized spacial score (nSPS) is 20.8. The number of likely N-dealkylation sites (tertiary alicyclic amines) is 1. The number of hydrogen-bond acceptors (Lipinski definition) is 5. The second kappa shape index (κ2) is 7.31. The molecule has 2 aliphatic heterocycles. The molecule has 3 rings (SSSR count). The molecule has 0 spiro atoms. The number of fused-ring (bicyclic) bond motifs is 1. The topological polar surface area (TPSA) is 54.0 Å². The smallest absolute Gasteiger partial charge is 0.161 e. The van der Waals surface area contributed by atoms with Gasteiger partial charge < -0.3 is 24.8 Å². The predicted octanol–water partition coefficient (Wildman–Crippen LogP) is 1.57. The minimum atomic E-state index is -0.322. The number of aliphatic hydroxyl groups is 1. The van der Waals surface area contributed by atoms with Crippen molar-refractivity contribution >= 4 is 0 Å². The molecule has 2 atom stereocenters. The Hall–Kier alpha value is -1.30. The van der Waals surface area contributed by atoms with Gasteiger partial charge in [-0.3, -0.25) is 0 Å². The van der Waals surface area contributed by atoms with Crippen LogP contribution in [-0.4, -0.2) is 55.5 Å². The van der Waals surface area contributed by atoms with Crippen molar-refractivity contribution in [3.8, 4) is 11.5 Å². The molecule has 1 aromatic carbocycles. The van der Waals surface area contributed by atoms with Crippen molar-refractivity contribution in [2.45, 2.75) is 31.9 Å². The first kappa shape index (κ1) is 15.6. The highest BCUT2D eigenvalue weighted by Gasteiger charge is 2.17. The van der Waals surface area contributed by atoms with Crippen LogP contribution in [0.25, 0.3) is 0 Å². The molecule has 0 amide bonds.